The van der Waals surface area contributed by atoms with Crippen LogP contribution in [0.5, 0.6) is 0 Å². The summed E-state index contributed by atoms with van der Waals surface area (Å²) in [5.74, 6) is -0.0547. The molecule has 0 bridgehead atoms. The molecule has 1 atom stereocenters. The molecule has 0 spiro atoms. The van der Waals surface area contributed by atoms with Gasteiger partial charge in [-0.25, -0.2) is 0 Å². The Labute approximate surface area is 361 Å². The molecule has 6 heteroatoms. The molecule has 0 saturated heterocycles. The van der Waals surface area contributed by atoms with E-state index in [9.17, 15) is 14.4 Å². The highest BCUT2D eigenvalue weighted by molar-refractivity contribution is 5.71. The zero-order chi connectivity index (χ0) is 42.4. The molecule has 0 saturated carbocycles. The highest BCUT2D eigenvalue weighted by Gasteiger charge is 2.19. The smallest absolute Gasteiger partial charge is 0.306 e. The predicted octanol–water partition coefficient (Wildman–Crippen LogP) is 16.7. The molecule has 0 amide bonds. The lowest BCUT2D eigenvalue weighted by Crippen LogP contribution is -2.30. The topological polar surface area (TPSA) is 78.9 Å². The Balaban J connectivity index is 4.24. The normalized spacial score (nSPS) is 11.9. The minimum absolute atomic E-state index is 0.0633. The average Bonchev–Trinajstić information content (AvgIpc) is 3.21. The van der Waals surface area contributed by atoms with Crippen molar-refractivity contribution in [2.45, 2.75) is 297 Å². The molecular weight excluding hydrogens is 721 g/mol. The lowest BCUT2D eigenvalue weighted by atomic mass is 10.0. The van der Waals surface area contributed by atoms with Gasteiger partial charge in [0, 0.05) is 19.3 Å². The first-order valence-electron chi connectivity index (χ1n) is 25.9. The summed E-state index contributed by atoms with van der Waals surface area (Å²) in [6, 6.07) is 0. The van der Waals surface area contributed by atoms with Crippen molar-refractivity contribution in [2.75, 3.05) is 13.2 Å². The SMILES string of the molecule is CCCCCCCCCCCCCCCCCCCCC(=O)OC[C@H](COC(=O)CCCCCCCCCCCCC)OC(=O)CCCCCCCCCCC(C)C. The third kappa shape index (κ3) is 45.5. The molecule has 0 aliphatic carbocycles. The second kappa shape index (κ2) is 46.5. The van der Waals surface area contributed by atoms with Crippen LogP contribution in [0, 0.1) is 5.92 Å². The zero-order valence-electron chi connectivity index (χ0n) is 39.5. The Hall–Kier alpha value is -1.59. The van der Waals surface area contributed by atoms with Crippen molar-refractivity contribution in [2.24, 2.45) is 5.92 Å². The van der Waals surface area contributed by atoms with Crippen molar-refractivity contribution in [1.29, 1.82) is 0 Å². The molecule has 0 heterocycles. The number of hydrogen-bond donors (Lipinski definition) is 0. The zero-order valence-corrected chi connectivity index (χ0v) is 39.5. The van der Waals surface area contributed by atoms with Gasteiger partial charge in [-0.3, -0.25) is 14.4 Å². The van der Waals surface area contributed by atoms with Crippen LogP contribution < -0.4 is 0 Å². The molecular formula is C52H100O6. The summed E-state index contributed by atoms with van der Waals surface area (Å²) in [5.41, 5.74) is 0. The van der Waals surface area contributed by atoms with Crippen molar-refractivity contribution >= 4 is 17.9 Å². The van der Waals surface area contributed by atoms with Gasteiger partial charge in [-0.1, -0.05) is 252 Å². The van der Waals surface area contributed by atoms with Crippen molar-refractivity contribution in [3.05, 3.63) is 0 Å². The first-order chi connectivity index (χ1) is 28.4. The van der Waals surface area contributed by atoms with Gasteiger partial charge in [-0.15, -0.1) is 0 Å². The van der Waals surface area contributed by atoms with E-state index in [1.807, 2.05) is 0 Å². The molecule has 6 nitrogen and oxygen atoms in total. The Bertz CT molecular complexity index is 872. The summed E-state index contributed by atoms with van der Waals surface area (Å²) in [5, 5.41) is 0. The minimum atomic E-state index is -0.760. The van der Waals surface area contributed by atoms with E-state index in [0.717, 1.165) is 63.7 Å². The summed E-state index contributed by atoms with van der Waals surface area (Å²) in [6.07, 6.45) is 48.1. The van der Waals surface area contributed by atoms with Crippen molar-refractivity contribution in [3.63, 3.8) is 0 Å². The minimum Gasteiger partial charge on any atom is -0.462 e. The monoisotopic (exact) mass is 821 g/mol. The molecule has 0 radical (unpaired) electrons. The Morgan fingerprint density at radius 1 is 0.328 bits per heavy atom. The van der Waals surface area contributed by atoms with Gasteiger partial charge in [0.2, 0.25) is 0 Å². The van der Waals surface area contributed by atoms with Gasteiger partial charge < -0.3 is 14.2 Å². The van der Waals surface area contributed by atoms with E-state index in [4.69, 9.17) is 14.2 Å². The predicted molar refractivity (Wildman–Crippen MR) is 247 cm³/mol. The second-order valence-corrected chi connectivity index (χ2v) is 18.3. The molecule has 0 aliphatic rings. The number of hydrogen-bond acceptors (Lipinski definition) is 6. The second-order valence-electron chi connectivity index (χ2n) is 18.3. The summed E-state index contributed by atoms with van der Waals surface area (Å²) in [6.45, 7) is 8.99. The fourth-order valence-corrected chi connectivity index (χ4v) is 7.86. The van der Waals surface area contributed by atoms with Crippen LogP contribution in [0.15, 0.2) is 0 Å². The fourth-order valence-electron chi connectivity index (χ4n) is 7.86. The maximum atomic E-state index is 12.7. The standard InChI is InChI=1S/C52H100O6/c1-5-7-9-11-13-15-17-18-19-20-21-22-23-25-27-32-36-40-44-51(54)57-47-49(58-52(55)45-41-37-33-29-28-30-34-38-42-48(3)4)46-56-50(53)43-39-35-31-26-24-16-14-12-10-8-6-2/h48-49H,5-47H2,1-4H3/t49-/m0/s1. The van der Waals surface area contributed by atoms with Crippen LogP contribution in [-0.4, -0.2) is 37.2 Å². The van der Waals surface area contributed by atoms with E-state index in [0.29, 0.717) is 19.3 Å². The number of esters is 3. The maximum absolute atomic E-state index is 12.7. The molecule has 0 rings (SSSR count). The highest BCUT2D eigenvalue weighted by Crippen LogP contribution is 2.17. The quantitative estimate of drug-likeness (QED) is 0.0346. The van der Waals surface area contributed by atoms with Crippen LogP contribution in [0.2, 0.25) is 0 Å². The molecule has 0 unspecified atom stereocenters. The molecule has 0 aromatic rings. The molecule has 0 N–H and O–H groups in total. The molecule has 344 valence electrons. The van der Waals surface area contributed by atoms with Gasteiger partial charge >= 0.3 is 17.9 Å². The van der Waals surface area contributed by atoms with Crippen molar-refractivity contribution < 1.29 is 28.6 Å². The maximum Gasteiger partial charge on any atom is 0.306 e. The number of rotatable bonds is 47. The van der Waals surface area contributed by atoms with E-state index in [-0.39, 0.29) is 31.1 Å². The van der Waals surface area contributed by atoms with E-state index < -0.39 is 6.10 Å². The van der Waals surface area contributed by atoms with E-state index in [2.05, 4.69) is 27.7 Å². The summed E-state index contributed by atoms with van der Waals surface area (Å²) >= 11 is 0. The summed E-state index contributed by atoms with van der Waals surface area (Å²) in [7, 11) is 0. The fraction of sp³-hybridized carbons (Fsp3) is 0.942. The summed E-state index contributed by atoms with van der Waals surface area (Å²) < 4.78 is 16.8. The van der Waals surface area contributed by atoms with Crippen molar-refractivity contribution in [3.8, 4) is 0 Å². The molecule has 58 heavy (non-hydrogen) atoms. The molecule has 0 aromatic carbocycles. The van der Waals surface area contributed by atoms with Gasteiger partial charge in [0.15, 0.2) is 6.10 Å². The number of ether oxygens (including phenoxy) is 3. The van der Waals surface area contributed by atoms with Crippen LogP contribution in [0.4, 0.5) is 0 Å². The Kier molecular flexibility index (Phi) is 45.2. The van der Waals surface area contributed by atoms with Gasteiger partial charge in [0.25, 0.3) is 0 Å². The van der Waals surface area contributed by atoms with Crippen LogP contribution in [-0.2, 0) is 28.6 Å². The van der Waals surface area contributed by atoms with Crippen LogP contribution >= 0.6 is 0 Å². The van der Waals surface area contributed by atoms with E-state index in [1.165, 1.54) is 186 Å². The largest absolute Gasteiger partial charge is 0.462 e. The van der Waals surface area contributed by atoms with Crippen LogP contribution in [0.1, 0.15) is 291 Å². The van der Waals surface area contributed by atoms with Gasteiger partial charge in [0.05, 0.1) is 0 Å². The van der Waals surface area contributed by atoms with E-state index >= 15 is 0 Å². The van der Waals surface area contributed by atoms with Gasteiger partial charge in [-0.05, 0) is 25.2 Å². The first-order valence-corrected chi connectivity index (χ1v) is 25.9. The third-order valence-corrected chi connectivity index (χ3v) is 11.8. The average molecular weight is 821 g/mol. The van der Waals surface area contributed by atoms with Gasteiger partial charge in [0.1, 0.15) is 13.2 Å². The third-order valence-electron chi connectivity index (χ3n) is 11.8. The lowest BCUT2D eigenvalue weighted by Gasteiger charge is -2.18. The van der Waals surface area contributed by atoms with Crippen LogP contribution in [0.25, 0.3) is 0 Å². The Morgan fingerprint density at radius 3 is 0.845 bits per heavy atom. The van der Waals surface area contributed by atoms with Crippen LogP contribution in [0.3, 0.4) is 0 Å². The molecule has 0 aromatic heterocycles. The number of unbranched alkanes of at least 4 members (excludes halogenated alkanes) is 34. The number of carbonyl (C=O) groups is 3. The first kappa shape index (κ1) is 56.4. The van der Waals surface area contributed by atoms with E-state index in [1.54, 1.807) is 0 Å². The molecule has 0 fully saturated rings. The Morgan fingerprint density at radius 2 is 0.569 bits per heavy atom. The van der Waals surface area contributed by atoms with Gasteiger partial charge in [-0.2, -0.15) is 0 Å². The highest BCUT2D eigenvalue weighted by atomic mass is 16.6. The lowest BCUT2D eigenvalue weighted by molar-refractivity contribution is -0.167. The number of carbonyl (C=O) groups excluding carboxylic acids is 3. The van der Waals surface area contributed by atoms with Crippen molar-refractivity contribution in [1.82, 2.24) is 0 Å². The molecule has 0 aliphatic heterocycles. The summed E-state index contributed by atoms with van der Waals surface area (Å²) in [4.78, 5) is 37.9.